The summed E-state index contributed by atoms with van der Waals surface area (Å²) >= 11 is 0. The molecule has 1 fully saturated rings. The Morgan fingerprint density at radius 2 is 1.94 bits per heavy atom. The van der Waals surface area contributed by atoms with Gasteiger partial charge in [-0.2, -0.15) is 0 Å². The molecule has 2 rings (SSSR count). The molecule has 1 aliphatic rings. The number of hydrogen-bond donors (Lipinski definition) is 1. The van der Waals surface area contributed by atoms with E-state index in [0.29, 0.717) is 12.0 Å². The van der Waals surface area contributed by atoms with Gasteiger partial charge in [0.2, 0.25) is 0 Å². The normalized spacial score (nSPS) is 24.9. The Kier molecular flexibility index (Phi) is 4.19. The fraction of sp³-hybridized carbons (Fsp3) is 0.600. The van der Waals surface area contributed by atoms with Crippen LogP contribution in [0.5, 0.6) is 0 Å². The van der Waals surface area contributed by atoms with Crippen molar-refractivity contribution in [1.82, 2.24) is 5.32 Å². The van der Waals surface area contributed by atoms with E-state index in [1.54, 1.807) is 0 Å². The van der Waals surface area contributed by atoms with Crippen molar-refractivity contribution in [3.63, 3.8) is 0 Å². The number of hydrogen-bond acceptors (Lipinski definition) is 2. The van der Waals surface area contributed by atoms with Crippen LogP contribution in [-0.2, 0) is 11.2 Å². The Morgan fingerprint density at radius 1 is 1.24 bits per heavy atom. The van der Waals surface area contributed by atoms with Gasteiger partial charge in [-0.05, 0) is 39.3 Å². The molecule has 0 aliphatic carbocycles. The molecule has 0 saturated carbocycles. The predicted octanol–water partition coefficient (Wildman–Crippen LogP) is 2.47. The summed E-state index contributed by atoms with van der Waals surface area (Å²) in [5.74, 6) is 0.606. The molecular formula is C15H23NO. The van der Waals surface area contributed by atoms with Gasteiger partial charge >= 0.3 is 0 Å². The van der Waals surface area contributed by atoms with Crippen molar-refractivity contribution in [2.45, 2.75) is 32.7 Å². The van der Waals surface area contributed by atoms with E-state index in [2.05, 4.69) is 44.4 Å². The van der Waals surface area contributed by atoms with E-state index in [-0.39, 0.29) is 0 Å². The molecule has 2 unspecified atom stereocenters. The van der Waals surface area contributed by atoms with Crippen LogP contribution in [0.2, 0.25) is 0 Å². The van der Waals surface area contributed by atoms with E-state index in [1.165, 1.54) is 16.7 Å². The highest BCUT2D eigenvalue weighted by Crippen LogP contribution is 2.21. The zero-order valence-electron chi connectivity index (χ0n) is 11.1. The standard InChI is InChI=1S/C15H23NO/c1-11-6-12(2)8-13(7-11)9-14-10-17-5-4-15(14)16-3/h6-8,14-16H,4-5,9-10H2,1-3H3. The zero-order chi connectivity index (χ0) is 12.3. The van der Waals surface area contributed by atoms with E-state index in [0.717, 1.165) is 26.1 Å². The van der Waals surface area contributed by atoms with Crippen molar-refractivity contribution in [2.75, 3.05) is 20.3 Å². The first-order valence-electron chi connectivity index (χ1n) is 6.51. The van der Waals surface area contributed by atoms with Gasteiger partial charge in [0.25, 0.3) is 0 Å². The number of ether oxygens (including phenoxy) is 1. The molecule has 17 heavy (non-hydrogen) atoms. The number of nitrogens with one attached hydrogen (secondary N) is 1. The SMILES string of the molecule is CNC1CCOCC1Cc1cc(C)cc(C)c1. The fourth-order valence-corrected chi connectivity index (χ4v) is 2.87. The van der Waals surface area contributed by atoms with Crippen molar-refractivity contribution >= 4 is 0 Å². The number of aryl methyl sites for hydroxylation is 2. The molecule has 2 atom stereocenters. The van der Waals surface area contributed by atoms with E-state index < -0.39 is 0 Å². The summed E-state index contributed by atoms with van der Waals surface area (Å²) < 4.78 is 5.61. The minimum atomic E-state index is 0.601. The third-order valence-electron chi connectivity index (χ3n) is 3.62. The molecule has 1 aromatic rings. The zero-order valence-corrected chi connectivity index (χ0v) is 11.1. The summed E-state index contributed by atoms with van der Waals surface area (Å²) in [4.78, 5) is 0. The van der Waals surface area contributed by atoms with Crippen molar-refractivity contribution in [3.8, 4) is 0 Å². The summed E-state index contributed by atoms with van der Waals surface area (Å²) in [6.45, 7) is 6.13. The quantitative estimate of drug-likeness (QED) is 0.866. The summed E-state index contributed by atoms with van der Waals surface area (Å²) in [5, 5.41) is 3.42. The molecule has 1 heterocycles. The van der Waals surface area contributed by atoms with Crippen molar-refractivity contribution < 1.29 is 4.74 Å². The number of benzene rings is 1. The summed E-state index contributed by atoms with van der Waals surface area (Å²) in [7, 11) is 2.06. The lowest BCUT2D eigenvalue weighted by Crippen LogP contribution is -2.41. The molecule has 94 valence electrons. The van der Waals surface area contributed by atoms with Crippen LogP contribution in [-0.4, -0.2) is 26.3 Å². The Morgan fingerprint density at radius 3 is 2.59 bits per heavy atom. The maximum absolute atomic E-state index is 5.61. The van der Waals surface area contributed by atoms with Gasteiger partial charge in [-0.1, -0.05) is 29.3 Å². The van der Waals surface area contributed by atoms with E-state index in [1.807, 2.05) is 0 Å². The number of rotatable bonds is 3. The molecule has 0 radical (unpaired) electrons. The van der Waals surface area contributed by atoms with Gasteiger partial charge in [-0.3, -0.25) is 0 Å². The monoisotopic (exact) mass is 233 g/mol. The van der Waals surface area contributed by atoms with Crippen molar-refractivity contribution in [3.05, 3.63) is 34.9 Å². The fourth-order valence-electron chi connectivity index (χ4n) is 2.87. The van der Waals surface area contributed by atoms with Crippen LogP contribution in [0.25, 0.3) is 0 Å². The third kappa shape index (κ3) is 3.30. The summed E-state index contributed by atoms with van der Waals surface area (Å²) in [6.07, 6.45) is 2.25. The van der Waals surface area contributed by atoms with Crippen LogP contribution in [0.4, 0.5) is 0 Å². The molecule has 0 bridgehead atoms. The molecule has 0 spiro atoms. The molecule has 0 aromatic heterocycles. The maximum atomic E-state index is 5.61. The highest BCUT2D eigenvalue weighted by molar-refractivity contribution is 5.29. The van der Waals surface area contributed by atoms with Gasteiger partial charge in [0.1, 0.15) is 0 Å². The lowest BCUT2D eigenvalue weighted by atomic mass is 9.88. The largest absolute Gasteiger partial charge is 0.381 e. The molecule has 0 amide bonds. The highest BCUT2D eigenvalue weighted by Gasteiger charge is 2.24. The molecule has 1 saturated heterocycles. The van der Waals surface area contributed by atoms with Gasteiger partial charge < -0.3 is 10.1 Å². The molecule has 1 aromatic carbocycles. The van der Waals surface area contributed by atoms with Gasteiger partial charge in [0.15, 0.2) is 0 Å². The van der Waals surface area contributed by atoms with Gasteiger partial charge in [-0.15, -0.1) is 0 Å². The molecule has 2 nitrogen and oxygen atoms in total. The summed E-state index contributed by atoms with van der Waals surface area (Å²) in [6, 6.07) is 7.43. The lowest BCUT2D eigenvalue weighted by Gasteiger charge is -2.31. The highest BCUT2D eigenvalue weighted by atomic mass is 16.5. The minimum Gasteiger partial charge on any atom is -0.381 e. The Bertz CT molecular complexity index is 355. The maximum Gasteiger partial charge on any atom is 0.0512 e. The summed E-state index contributed by atoms with van der Waals surface area (Å²) in [5.41, 5.74) is 4.16. The lowest BCUT2D eigenvalue weighted by molar-refractivity contribution is 0.0342. The second kappa shape index (κ2) is 5.65. The second-order valence-corrected chi connectivity index (χ2v) is 5.22. The molecule has 2 heteroatoms. The Hall–Kier alpha value is -0.860. The minimum absolute atomic E-state index is 0.601. The molecule has 1 aliphatic heterocycles. The van der Waals surface area contributed by atoms with Crippen LogP contribution >= 0.6 is 0 Å². The van der Waals surface area contributed by atoms with Crippen LogP contribution < -0.4 is 5.32 Å². The second-order valence-electron chi connectivity index (χ2n) is 5.22. The van der Waals surface area contributed by atoms with Crippen LogP contribution in [0.1, 0.15) is 23.1 Å². The van der Waals surface area contributed by atoms with E-state index >= 15 is 0 Å². The first-order valence-corrected chi connectivity index (χ1v) is 6.51. The predicted molar refractivity (Wildman–Crippen MR) is 71.4 cm³/mol. The topological polar surface area (TPSA) is 21.3 Å². The molecule has 1 N–H and O–H groups in total. The van der Waals surface area contributed by atoms with E-state index in [4.69, 9.17) is 4.74 Å². The Balaban J connectivity index is 2.08. The van der Waals surface area contributed by atoms with Crippen molar-refractivity contribution in [2.24, 2.45) is 5.92 Å². The average molecular weight is 233 g/mol. The van der Waals surface area contributed by atoms with Gasteiger partial charge in [0, 0.05) is 18.6 Å². The van der Waals surface area contributed by atoms with Crippen molar-refractivity contribution in [1.29, 1.82) is 0 Å². The molecular weight excluding hydrogens is 210 g/mol. The van der Waals surface area contributed by atoms with Gasteiger partial charge in [0.05, 0.1) is 6.61 Å². The van der Waals surface area contributed by atoms with Crippen LogP contribution in [0.15, 0.2) is 18.2 Å². The van der Waals surface area contributed by atoms with Crippen LogP contribution in [0, 0.1) is 19.8 Å². The third-order valence-corrected chi connectivity index (χ3v) is 3.62. The van der Waals surface area contributed by atoms with E-state index in [9.17, 15) is 0 Å². The van der Waals surface area contributed by atoms with Gasteiger partial charge in [-0.25, -0.2) is 0 Å². The first-order chi connectivity index (χ1) is 8.19. The average Bonchev–Trinajstić information content (AvgIpc) is 2.28. The smallest absolute Gasteiger partial charge is 0.0512 e. The Labute approximate surface area is 104 Å². The van der Waals surface area contributed by atoms with Crippen LogP contribution in [0.3, 0.4) is 0 Å². The first kappa shape index (κ1) is 12.6.